The predicted molar refractivity (Wildman–Crippen MR) is 65.4 cm³/mol. The second-order valence-electron chi connectivity index (χ2n) is 5.12. The largest absolute Gasteiger partial charge is 0.481 e. The zero-order chi connectivity index (χ0) is 13.2. The molecule has 0 heterocycles. The molecule has 0 bridgehead atoms. The lowest BCUT2D eigenvalue weighted by Gasteiger charge is -2.29. The molecule has 1 unspecified atom stereocenters. The molecular weight excluding hydrogens is 219 g/mol. The Labute approximate surface area is 101 Å². The van der Waals surface area contributed by atoms with Crippen LogP contribution in [0, 0.1) is 24.1 Å². The first-order chi connectivity index (χ1) is 7.77. The Hall–Kier alpha value is -1.38. The van der Waals surface area contributed by atoms with Crippen molar-refractivity contribution in [2.75, 3.05) is 0 Å². The molecule has 94 valence electrons. The van der Waals surface area contributed by atoms with Crippen LogP contribution in [0.2, 0.25) is 0 Å². The van der Waals surface area contributed by atoms with Crippen molar-refractivity contribution >= 4 is 5.97 Å². The Morgan fingerprint density at radius 1 is 1.47 bits per heavy atom. The molecule has 3 heteroatoms. The van der Waals surface area contributed by atoms with E-state index in [1.807, 2.05) is 20.8 Å². The minimum Gasteiger partial charge on any atom is -0.481 e. The molecule has 0 aliphatic heterocycles. The maximum Gasteiger partial charge on any atom is 0.309 e. The highest BCUT2D eigenvalue weighted by Gasteiger charge is 2.37. The van der Waals surface area contributed by atoms with Crippen molar-refractivity contribution in [2.24, 2.45) is 11.3 Å². The van der Waals surface area contributed by atoms with Gasteiger partial charge < -0.3 is 5.11 Å². The number of hydrogen-bond donors (Lipinski definition) is 1. The van der Waals surface area contributed by atoms with Crippen LogP contribution in [0.1, 0.15) is 31.9 Å². The summed E-state index contributed by atoms with van der Waals surface area (Å²) < 4.78 is 13.2. The summed E-state index contributed by atoms with van der Waals surface area (Å²) >= 11 is 0. The van der Waals surface area contributed by atoms with Crippen LogP contribution in [-0.4, -0.2) is 11.1 Å². The zero-order valence-corrected chi connectivity index (χ0v) is 10.7. The summed E-state index contributed by atoms with van der Waals surface area (Å²) in [7, 11) is 0. The van der Waals surface area contributed by atoms with E-state index in [-0.39, 0.29) is 11.7 Å². The maximum atomic E-state index is 13.2. The van der Waals surface area contributed by atoms with E-state index in [1.54, 1.807) is 13.0 Å². The number of aryl methyl sites for hydroxylation is 1. The van der Waals surface area contributed by atoms with Gasteiger partial charge in [-0.1, -0.05) is 19.9 Å². The highest BCUT2D eigenvalue weighted by Crippen LogP contribution is 2.32. The molecule has 0 saturated heterocycles. The summed E-state index contributed by atoms with van der Waals surface area (Å²) in [5, 5.41) is 9.33. The maximum absolute atomic E-state index is 13.2. The summed E-state index contributed by atoms with van der Waals surface area (Å²) in [5.74, 6) is -1.17. The van der Waals surface area contributed by atoms with Crippen LogP contribution in [0.5, 0.6) is 0 Å². The van der Waals surface area contributed by atoms with Crippen LogP contribution in [0.25, 0.3) is 0 Å². The summed E-state index contributed by atoms with van der Waals surface area (Å²) in [6.45, 7) is 7.34. The zero-order valence-electron chi connectivity index (χ0n) is 10.7. The number of halogens is 1. The van der Waals surface area contributed by atoms with Crippen molar-refractivity contribution in [3.63, 3.8) is 0 Å². The van der Waals surface area contributed by atoms with E-state index < -0.39 is 11.4 Å². The Kier molecular flexibility index (Phi) is 3.91. The van der Waals surface area contributed by atoms with Gasteiger partial charge in [0.1, 0.15) is 5.82 Å². The molecule has 0 spiro atoms. The molecule has 0 aromatic heterocycles. The van der Waals surface area contributed by atoms with Crippen LogP contribution >= 0.6 is 0 Å². The molecule has 2 nitrogen and oxygen atoms in total. The number of carboxylic acids is 1. The number of carbonyl (C=O) groups is 1. The molecular formula is C14H19FO2. The second kappa shape index (κ2) is 4.86. The van der Waals surface area contributed by atoms with Crippen LogP contribution in [0.15, 0.2) is 18.2 Å². The first-order valence-corrected chi connectivity index (χ1v) is 5.76. The minimum atomic E-state index is -0.863. The summed E-state index contributed by atoms with van der Waals surface area (Å²) in [5.41, 5.74) is 0.835. The first kappa shape index (κ1) is 13.7. The fourth-order valence-electron chi connectivity index (χ4n) is 1.75. The molecule has 0 radical (unpaired) electrons. The van der Waals surface area contributed by atoms with Crippen LogP contribution in [0.3, 0.4) is 0 Å². The van der Waals surface area contributed by atoms with Crippen LogP contribution in [-0.2, 0) is 11.2 Å². The molecule has 17 heavy (non-hydrogen) atoms. The van der Waals surface area contributed by atoms with Gasteiger partial charge in [0.15, 0.2) is 0 Å². The fraction of sp³-hybridized carbons (Fsp3) is 0.500. The molecule has 0 amide bonds. The topological polar surface area (TPSA) is 37.3 Å². The Bertz CT molecular complexity index is 426. The third-order valence-electron chi connectivity index (χ3n) is 3.63. The van der Waals surface area contributed by atoms with Gasteiger partial charge in [-0.2, -0.15) is 0 Å². The minimum absolute atomic E-state index is 0.0114. The molecule has 1 aromatic rings. The predicted octanol–water partition coefficient (Wildman–Crippen LogP) is 3.42. The molecule has 1 atom stereocenters. The van der Waals surface area contributed by atoms with E-state index in [1.165, 1.54) is 12.1 Å². The Morgan fingerprint density at radius 2 is 2.06 bits per heavy atom. The van der Waals surface area contributed by atoms with E-state index in [4.69, 9.17) is 0 Å². The van der Waals surface area contributed by atoms with Gasteiger partial charge in [0, 0.05) is 0 Å². The van der Waals surface area contributed by atoms with Gasteiger partial charge >= 0.3 is 5.97 Å². The fourth-order valence-corrected chi connectivity index (χ4v) is 1.75. The van der Waals surface area contributed by atoms with Crippen LogP contribution < -0.4 is 0 Å². The average Bonchev–Trinajstić information content (AvgIpc) is 2.22. The van der Waals surface area contributed by atoms with Crippen LogP contribution in [0.4, 0.5) is 4.39 Å². The summed E-state index contributed by atoms with van der Waals surface area (Å²) in [4.78, 5) is 11.4. The average molecular weight is 238 g/mol. The van der Waals surface area contributed by atoms with Gasteiger partial charge in [-0.15, -0.1) is 0 Å². The number of aliphatic carboxylic acids is 1. The third-order valence-corrected chi connectivity index (χ3v) is 3.63. The SMILES string of the molecule is Cc1ccc(F)cc1CC(C)(C(=O)O)C(C)C. The molecule has 1 rings (SSSR count). The van der Waals surface area contributed by atoms with Gasteiger partial charge in [0.2, 0.25) is 0 Å². The van der Waals surface area contributed by atoms with Gasteiger partial charge in [0.05, 0.1) is 5.41 Å². The van der Waals surface area contributed by atoms with Crippen molar-refractivity contribution in [1.29, 1.82) is 0 Å². The van der Waals surface area contributed by atoms with Crippen molar-refractivity contribution in [3.8, 4) is 0 Å². The van der Waals surface area contributed by atoms with Gasteiger partial charge in [-0.05, 0) is 49.4 Å². The van der Waals surface area contributed by atoms with Crippen molar-refractivity contribution in [3.05, 3.63) is 35.1 Å². The summed E-state index contributed by atoms with van der Waals surface area (Å²) in [6, 6.07) is 4.51. The Balaban J connectivity index is 3.10. The first-order valence-electron chi connectivity index (χ1n) is 5.76. The molecule has 0 aliphatic rings. The summed E-state index contributed by atoms with van der Waals surface area (Å²) in [6.07, 6.45) is 0.351. The lowest BCUT2D eigenvalue weighted by Crippen LogP contribution is -2.35. The van der Waals surface area contributed by atoms with Crippen molar-refractivity contribution in [2.45, 2.75) is 34.1 Å². The van der Waals surface area contributed by atoms with E-state index in [0.29, 0.717) is 6.42 Å². The quantitative estimate of drug-likeness (QED) is 0.872. The lowest BCUT2D eigenvalue weighted by molar-refractivity contribution is -0.150. The lowest BCUT2D eigenvalue weighted by atomic mass is 9.74. The number of carboxylic acid groups (broad SMARTS) is 1. The number of benzene rings is 1. The molecule has 1 aromatic carbocycles. The highest BCUT2D eigenvalue weighted by molar-refractivity contribution is 5.75. The van der Waals surface area contributed by atoms with E-state index in [9.17, 15) is 14.3 Å². The smallest absolute Gasteiger partial charge is 0.309 e. The molecule has 0 aliphatic carbocycles. The van der Waals surface area contributed by atoms with E-state index in [2.05, 4.69) is 0 Å². The van der Waals surface area contributed by atoms with E-state index in [0.717, 1.165) is 11.1 Å². The van der Waals surface area contributed by atoms with Gasteiger partial charge in [0.25, 0.3) is 0 Å². The number of rotatable bonds is 4. The van der Waals surface area contributed by atoms with Gasteiger partial charge in [-0.25, -0.2) is 4.39 Å². The highest BCUT2D eigenvalue weighted by atomic mass is 19.1. The third kappa shape index (κ3) is 2.84. The standard InChI is InChI=1S/C14H19FO2/c1-9(2)14(4,13(16)17)8-11-7-12(15)6-5-10(11)3/h5-7,9H,8H2,1-4H3,(H,16,17). The normalized spacial score (nSPS) is 14.7. The molecule has 0 fully saturated rings. The number of hydrogen-bond acceptors (Lipinski definition) is 1. The molecule has 0 saturated carbocycles. The van der Waals surface area contributed by atoms with Crippen molar-refractivity contribution < 1.29 is 14.3 Å². The van der Waals surface area contributed by atoms with Crippen molar-refractivity contribution in [1.82, 2.24) is 0 Å². The second-order valence-corrected chi connectivity index (χ2v) is 5.12. The molecule has 1 N–H and O–H groups in total. The van der Waals surface area contributed by atoms with Gasteiger partial charge in [-0.3, -0.25) is 4.79 Å². The Morgan fingerprint density at radius 3 is 2.53 bits per heavy atom. The monoisotopic (exact) mass is 238 g/mol. The van der Waals surface area contributed by atoms with E-state index >= 15 is 0 Å².